The number of hydrogen-bond acceptors (Lipinski definition) is 4. The maximum Gasteiger partial charge on any atom is 0.322 e. The van der Waals surface area contributed by atoms with Gasteiger partial charge in [0.1, 0.15) is 5.82 Å². The lowest BCUT2D eigenvalue weighted by molar-refractivity contribution is -0.116. The number of rotatable bonds is 2. The second kappa shape index (κ2) is 5.89. The summed E-state index contributed by atoms with van der Waals surface area (Å²) in [7, 11) is 3.86. The first-order chi connectivity index (χ1) is 9.77. The summed E-state index contributed by atoms with van der Waals surface area (Å²) in [5.74, 6) is 0.856. The van der Waals surface area contributed by atoms with E-state index in [1.807, 2.05) is 51.9 Å². The standard InChI is InChI=1S/C15H24N4O2/c1-11-9-19(10-15(2,3)21-11)14(20)17-12-6-7-13(16-8-12)18(4)5/h6-8,11H,9-10H2,1-5H3,(H,17,20). The van der Waals surface area contributed by atoms with Gasteiger partial charge in [0.2, 0.25) is 0 Å². The number of hydrogen-bond donors (Lipinski definition) is 1. The maximum absolute atomic E-state index is 12.3. The number of pyridine rings is 1. The van der Waals surface area contributed by atoms with Crippen molar-refractivity contribution >= 4 is 17.5 Å². The Morgan fingerprint density at radius 3 is 2.71 bits per heavy atom. The number of nitrogens with one attached hydrogen (secondary N) is 1. The van der Waals surface area contributed by atoms with E-state index in [4.69, 9.17) is 4.74 Å². The summed E-state index contributed by atoms with van der Waals surface area (Å²) < 4.78 is 5.81. The molecular formula is C15H24N4O2. The van der Waals surface area contributed by atoms with Crippen molar-refractivity contribution in [1.82, 2.24) is 9.88 Å². The minimum atomic E-state index is -0.317. The predicted molar refractivity (Wildman–Crippen MR) is 83.8 cm³/mol. The first-order valence-electron chi connectivity index (χ1n) is 7.14. The molecule has 1 N–H and O–H groups in total. The van der Waals surface area contributed by atoms with Crippen LogP contribution in [-0.4, -0.2) is 54.8 Å². The van der Waals surface area contributed by atoms with Crippen LogP contribution in [0.3, 0.4) is 0 Å². The fourth-order valence-electron chi connectivity index (χ4n) is 2.54. The lowest BCUT2D eigenvalue weighted by Gasteiger charge is -2.41. The van der Waals surface area contributed by atoms with E-state index >= 15 is 0 Å². The van der Waals surface area contributed by atoms with E-state index in [2.05, 4.69) is 10.3 Å². The van der Waals surface area contributed by atoms with Crippen LogP contribution in [0.15, 0.2) is 18.3 Å². The fraction of sp³-hybridized carbons (Fsp3) is 0.600. The molecular weight excluding hydrogens is 268 g/mol. The quantitative estimate of drug-likeness (QED) is 0.907. The van der Waals surface area contributed by atoms with Crippen molar-refractivity contribution in [3.63, 3.8) is 0 Å². The van der Waals surface area contributed by atoms with Gasteiger partial charge in [0, 0.05) is 20.6 Å². The molecule has 1 aliphatic rings. The Bertz CT molecular complexity index is 499. The SMILES string of the molecule is CC1CN(C(=O)Nc2ccc(N(C)C)nc2)CC(C)(C)O1. The lowest BCUT2D eigenvalue weighted by Crippen LogP contribution is -2.54. The third-order valence-corrected chi connectivity index (χ3v) is 3.31. The first kappa shape index (κ1) is 15.6. The number of nitrogens with zero attached hydrogens (tertiary/aromatic N) is 3. The van der Waals surface area contributed by atoms with Crippen LogP contribution in [0.2, 0.25) is 0 Å². The van der Waals surface area contributed by atoms with Gasteiger partial charge in [-0.15, -0.1) is 0 Å². The van der Waals surface area contributed by atoms with Crippen LogP contribution in [0.4, 0.5) is 16.3 Å². The highest BCUT2D eigenvalue weighted by molar-refractivity contribution is 5.89. The summed E-state index contributed by atoms with van der Waals surface area (Å²) in [6.45, 7) is 7.15. The molecule has 21 heavy (non-hydrogen) atoms. The Morgan fingerprint density at radius 1 is 1.48 bits per heavy atom. The molecule has 2 heterocycles. The molecule has 6 heteroatoms. The van der Waals surface area contributed by atoms with Gasteiger partial charge in [-0.1, -0.05) is 0 Å². The highest BCUT2D eigenvalue weighted by Gasteiger charge is 2.33. The van der Waals surface area contributed by atoms with Crippen molar-refractivity contribution in [2.24, 2.45) is 0 Å². The monoisotopic (exact) mass is 292 g/mol. The van der Waals surface area contributed by atoms with E-state index in [9.17, 15) is 4.79 Å². The number of ether oxygens (including phenoxy) is 1. The van der Waals surface area contributed by atoms with Crippen molar-refractivity contribution in [3.8, 4) is 0 Å². The second-order valence-electron chi connectivity index (χ2n) is 6.30. The zero-order chi connectivity index (χ0) is 15.6. The molecule has 0 aromatic carbocycles. The van der Waals surface area contributed by atoms with Crippen LogP contribution >= 0.6 is 0 Å². The number of carbonyl (C=O) groups excluding carboxylic acids is 1. The molecule has 0 saturated carbocycles. The molecule has 116 valence electrons. The third-order valence-electron chi connectivity index (χ3n) is 3.31. The Balaban J connectivity index is 2.00. The van der Waals surface area contributed by atoms with Crippen LogP contribution in [0.5, 0.6) is 0 Å². The van der Waals surface area contributed by atoms with Crippen molar-refractivity contribution < 1.29 is 9.53 Å². The highest BCUT2D eigenvalue weighted by Crippen LogP contribution is 2.21. The zero-order valence-corrected chi connectivity index (χ0v) is 13.4. The Labute approximate surface area is 126 Å². The number of carbonyl (C=O) groups is 1. The van der Waals surface area contributed by atoms with Crippen LogP contribution in [0.25, 0.3) is 0 Å². The van der Waals surface area contributed by atoms with E-state index in [0.717, 1.165) is 5.82 Å². The summed E-state index contributed by atoms with van der Waals surface area (Å²) in [5.41, 5.74) is 0.379. The Hall–Kier alpha value is -1.82. The molecule has 1 aromatic rings. The molecule has 1 saturated heterocycles. The molecule has 1 atom stereocenters. The number of anilines is 2. The van der Waals surface area contributed by atoms with Crippen LogP contribution < -0.4 is 10.2 Å². The molecule has 1 fully saturated rings. The molecule has 1 unspecified atom stereocenters. The number of amides is 2. The Morgan fingerprint density at radius 2 is 2.19 bits per heavy atom. The normalized spacial score (nSPS) is 21.0. The molecule has 1 aliphatic heterocycles. The lowest BCUT2D eigenvalue weighted by atomic mass is 10.1. The average molecular weight is 292 g/mol. The van der Waals surface area contributed by atoms with Gasteiger partial charge in [0.05, 0.1) is 30.1 Å². The molecule has 1 aromatic heterocycles. The van der Waals surface area contributed by atoms with Crippen molar-refractivity contribution in [2.45, 2.75) is 32.5 Å². The fourth-order valence-corrected chi connectivity index (χ4v) is 2.54. The summed E-state index contributed by atoms with van der Waals surface area (Å²) >= 11 is 0. The largest absolute Gasteiger partial charge is 0.369 e. The maximum atomic E-state index is 12.3. The molecule has 2 amide bonds. The van der Waals surface area contributed by atoms with Crippen molar-refractivity contribution in [3.05, 3.63) is 18.3 Å². The molecule has 2 rings (SSSR count). The second-order valence-corrected chi connectivity index (χ2v) is 6.30. The molecule has 0 spiro atoms. The van der Waals surface area contributed by atoms with Gasteiger partial charge in [0.15, 0.2) is 0 Å². The van der Waals surface area contributed by atoms with Gasteiger partial charge in [-0.3, -0.25) is 0 Å². The van der Waals surface area contributed by atoms with Gasteiger partial charge in [-0.05, 0) is 32.9 Å². The summed E-state index contributed by atoms with van der Waals surface area (Å²) in [6.07, 6.45) is 1.70. The molecule has 6 nitrogen and oxygen atoms in total. The number of urea groups is 1. The number of morpholine rings is 1. The molecule has 0 aliphatic carbocycles. The highest BCUT2D eigenvalue weighted by atomic mass is 16.5. The van der Waals surface area contributed by atoms with Gasteiger partial charge in [-0.2, -0.15) is 0 Å². The number of aromatic nitrogens is 1. The van der Waals surface area contributed by atoms with E-state index in [1.54, 1.807) is 11.1 Å². The topological polar surface area (TPSA) is 57.7 Å². The molecule has 0 radical (unpaired) electrons. The van der Waals surface area contributed by atoms with E-state index in [0.29, 0.717) is 18.8 Å². The average Bonchev–Trinajstić information content (AvgIpc) is 2.36. The summed E-state index contributed by atoms with van der Waals surface area (Å²) in [4.78, 5) is 20.3. The summed E-state index contributed by atoms with van der Waals surface area (Å²) in [5, 5.41) is 2.89. The Kier molecular flexibility index (Phi) is 4.37. The van der Waals surface area contributed by atoms with E-state index in [-0.39, 0.29) is 17.7 Å². The van der Waals surface area contributed by atoms with Crippen molar-refractivity contribution in [1.29, 1.82) is 0 Å². The van der Waals surface area contributed by atoms with Crippen LogP contribution in [0, 0.1) is 0 Å². The zero-order valence-electron chi connectivity index (χ0n) is 13.4. The smallest absolute Gasteiger partial charge is 0.322 e. The van der Waals surface area contributed by atoms with Gasteiger partial charge in [0.25, 0.3) is 0 Å². The minimum Gasteiger partial charge on any atom is -0.369 e. The van der Waals surface area contributed by atoms with Gasteiger partial charge in [-0.25, -0.2) is 9.78 Å². The summed E-state index contributed by atoms with van der Waals surface area (Å²) in [6, 6.07) is 3.62. The van der Waals surface area contributed by atoms with Crippen LogP contribution in [0.1, 0.15) is 20.8 Å². The van der Waals surface area contributed by atoms with Gasteiger partial charge < -0.3 is 19.9 Å². The van der Waals surface area contributed by atoms with Gasteiger partial charge >= 0.3 is 6.03 Å². The van der Waals surface area contributed by atoms with E-state index in [1.165, 1.54) is 0 Å². The van der Waals surface area contributed by atoms with Crippen molar-refractivity contribution in [2.75, 3.05) is 37.4 Å². The predicted octanol–water partition coefficient (Wildman–Crippen LogP) is 2.18. The van der Waals surface area contributed by atoms with E-state index < -0.39 is 0 Å². The minimum absolute atomic E-state index is 0.0359. The third kappa shape index (κ3) is 4.07. The first-order valence-corrected chi connectivity index (χ1v) is 7.14. The van der Waals surface area contributed by atoms with Crippen LogP contribution in [-0.2, 0) is 4.74 Å². The molecule has 0 bridgehead atoms.